The zero-order valence-electron chi connectivity index (χ0n) is 21.1. The minimum Gasteiger partial charge on any atom is -0.444 e. The molecule has 8 nitrogen and oxygen atoms in total. The summed E-state index contributed by atoms with van der Waals surface area (Å²) in [5.74, 6) is 1.31. The van der Waals surface area contributed by atoms with Crippen molar-refractivity contribution in [3.05, 3.63) is 64.2 Å². The van der Waals surface area contributed by atoms with Crippen molar-refractivity contribution >= 4 is 35.2 Å². The standard InChI is InChI=1S/C27H32ClN3O5/c1-7-18-13-9-10-14-19(18)23(24(33)30-22-17(3)12-11-15-20(22)28)31(8-2)25(34)21(16-32)29-26(35)36-27(4,5)6/h1,9-15,21,23,32H,8,16H2,2-6H3,(H,29,35)(H,30,33). The van der Waals surface area contributed by atoms with Crippen LogP contribution in [-0.4, -0.2) is 52.7 Å². The molecule has 0 aliphatic carbocycles. The molecular formula is C27H32ClN3O5. The molecule has 9 heteroatoms. The number of carbonyl (C=O) groups is 3. The third-order valence-electron chi connectivity index (χ3n) is 5.24. The quantitative estimate of drug-likeness (QED) is 0.462. The van der Waals surface area contributed by atoms with E-state index < -0.39 is 42.2 Å². The van der Waals surface area contributed by atoms with E-state index in [4.69, 9.17) is 22.8 Å². The molecule has 2 aromatic carbocycles. The van der Waals surface area contributed by atoms with Crippen molar-refractivity contribution in [2.45, 2.75) is 52.3 Å². The molecule has 36 heavy (non-hydrogen) atoms. The summed E-state index contributed by atoms with van der Waals surface area (Å²) in [6.07, 6.45) is 4.83. The monoisotopic (exact) mass is 513 g/mol. The second-order valence-electron chi connectivity index (χ2n) is 9.06. The molecule has 0 aliphatic rings. The van der Waals surface area contributed by atoms with Crippen LogP contribution in [0.2, 0.25) is 5.02 Å². The Morgan fingerprint density at radius 2 is 1.83 bits per heavy atom. The molecule has 0 saturated heterocycles. The molecule has 0 fully saturated rings. The van der Waals surface area contributed by atoms with E-state index in [2.05, 4.69) is 16.6 Å². The predicted octanol–water partition coefficient (Wildman–Crippen LogP) is 4.04. The SMILES string of the molecule is C#Cc1ccccc1C(C(=O)Nc1c(C)cccc1Cl)N(CC)C(=O)C(CO)NC(=O)OC(C)(C)C. The fraction of sp³-hybridized carbons (Fsp3) is 0.370. The largest absolute Gasteiger partial charge is 0.444 e. The number of aliphatic hydroxyl groups excluding tert-OH is 1. The minimum atomic E-state index is -1.35. The molecule has 0 bridgehead atoms. The molecule has 0 aromatic heterocycles. The van der Waals surface area contributed by atoms with Gasteiger partial charge in [-0.1, -0.05) is 47.9 Å². The third-order valence-corrected chi connectivity index (χ3v) is 5.55. The number of para-hydroxylation sites is 1. The number of nitrogens with zero attached hydrogens (tertiary/aromatic N) is 1. The second-order valence-corrected chi connectivity index (χ2v) is 9.47. The number of carbonyl (C=O) groups excluding carboxylic acids is 3. The van der Waals surface area contributed by atoms with Gasteiger partial charge >= 0.3 is 6.09 Å². The summed E-state index contributed by atoms with van der Waals surface area (Å²) in [7, 11) is 0. The van der Waals surface area contributed by atoms with Gasteiger partial charge in [-0.3, -0.25) is 9.59 Å². The number of halogens is 1. The van der Waals surface area contributed by atoms with Crippen molar-refractivity contribution in [1.82, 2.24) is 10.2 Å². The topological polar surface area (TPSA) is 108 Å². The van der Waals surface area contributed by atoms with Gasteiger partial charge in [0.1, 0.15) is 17.7 Å². The molecule has 192 valence electrons. The van der Waals surface area contributed by atoms with Gasteiger partial charge in [0.15, 0.2) is 0 Å². The van der Waals surface area contributed by atoms with Crippen LogP contribution < -0.4 is 10.6 Å². The van der Waals surface area contributed by atoms with Crippen LogP contribution in [0.1, 0.15) is 50.4 Å². The fourth-order valence-electron chi connectivity index (χ4n) is 3.60. The van der Waals surface area contributed by atoms with Crippen LogP contribution in [0.5, 0.6) is 0 Å². The maximum atomic E-state index is 13.7. The number of benzene rings is 2. The Morgan fingerprint density at radius 3 is 2.39 bits per heavy atom. The maximum absolute atomic E-state index is 13.7. The average molecular weight is 514 g/mol. The number of rotatable bonds is 8. The number of aryl methyl sites for hydroxylation is 1. The summed E-state index contributed by atoms with van der Waals surface area (Å²) in [5.41, 5.74) is 1.15. The molecule has 2 unspecified atom stereocenters. The van der Waals surface area contributed by atoms with E-state index in [0.717, 1.165) is 5.56 Å². The lowest BCUT2D eigenvalue weighted by molar-refractivity contribution is -0.141. The van der Waals surface area contributed by atoms with Crippen LogP contribution in [0.15, 0.2) is 42.5 Å². The van der Waals surface area contributed by atoms with Gasteiger partial charge in [0, 0.05) is 12.1 Å². The van der Waals surface area contributed by atoms with Gasteiger partial charge in [-0.2, -0.15) is 0 Å². The Bertz CT molecular complexity index is 1130. The van der Waals surface area contributed by atoms with Crippen molar-refractivity contribution in [3.63, 3.8) is 0 Å². The first kappa shape index (κ1) is 28.7. The van der Waals surface area contributed by atoms with E-state index in [0.29, 0.717) is 21.8 Å². The highest BCUT2D eigenvalue weighted by Gasteiger charge is 2.36. The number of likely N-dealkylation sites (N-methyl/N-ethyl adjacent to an activating group) is 1. The zero-order valence-corrected chi connectivity index (χ0v) is 21.8. The number of hydrogen-bond acceptors (Lipinski definition) is 5. The highest BCUT2D eigenvalue weighted by molar-refractivity contribution is 6.34. The number of hydrogen-bond donors (Lipinski definition) is 3. The Morgan fingerprint density at radius 1 is 1.17 bits per heavy atom. The number of nitrogens with one attached hydrogen (secondary N) is 2. The lowest BCUT2D eigenvalue weighted by atomic mass is 9.97. The van der Waals surface area contributed by atoms with E-state index in [1.165, 1.54) is 4.90 Å². The van der Waals surface area contributed by atoms with Crippen molar-refractivity contribution < 1.29 is 24.2 Å². The van der Waals surface area contributed by atoms with Crippen LogP contribution in [-0.2, 0) is 14.3 Å². The summed E-state index contributed by atoms with van der Waals surface area (Å²) in [4.78, 5) is 40.8. The Hall–Kier alpha value is -3.54. The van der Waals surface area contributed by atoms with Crippen molar-refractivity contribution in [2.24, 2.45) is 0 Å². The normalized spacial score (nSPS) is 12.6. The number of amides is 3. The van der Waals surface area contributed by atoms with Gasteiger partial charge in [-0.15, -0.1) is 6.42 Å². The van der Waals surface area contributed by atoms with E-state index in [1.807, 2.05) is 0 Å². The molecule has 0 saturated carbocycles. The van der Waals surface area contributed by atoms with Gasteiger partial charge in [0.05, 0.1) is 17.3 Å². The zero-order chi connectivity index (χ0) is 27.0. The number of anilines is 1. The molecule has 2 rings (SSSR count). The molecule has 0 heterocycles. The molecular weight excluding hydrogens is 482 g/mol. The highest BCUT2D eigenvalue weighted by atomic mass is 35.5. The third kappa shape index (κ3) is 7.23. The van der Waals surface area contributed by atoms with E-state index >= 15 is 0 Å². The van der Waals surface area contributed by atoms with Crippen LogP contribution in [0.4, 0.5) is 10.5 Å². The first-order valence-electron chi connectivity index (χ1n) is 11.5. The maximum Gasteiger partial charge on any atom is 0.408 e. The van der Waals surface area contributed by atoms with Crippen LogP contribution in [0.3, 0.4) is 0 Å². The summed E-state index contributed by atoms with van der Waals surface area (Å²) in [6, 6.07) is 9.42. The van der Waals surface area contributed by atoms with E-state index in [9.17, 15) is 19.5 Å². The smallest absolute Gasteiger partial charge is 0.408 e. The van der Waals surface area contributed by atoms with Crippen LogP contribution >= 0.6 is 11.6 Å². The van der Waals surface area contributed by atoms with Crippen molar-refractivity contribution in [3.8, 4) is 12.3 Å². The Kier molecular flexibility index (Phi) is 9.91. The first-order valence-corrected chi connectivity index (χ1v) is 11.8. The first-order chi connectivity index (χ1) is 16.9. The number of ether oxygens (including phenoxy) is 1. The molecule has 2 atom stereocenters. The number of alkyl carbamates (subject to hydrolysis) is 1. The van der Waals surface area contributed by atoms with Gasteiger partial charge < -0.3 is 25.4 Å². The summed E-state index contributed by atoms with van der Waals surface area (Å²) in [5, 5.41) is 15.5. The van der Waals surface area contributed by atoms with Gasteiger partial charge in [0.2, 0.25) is 5.91 Å². The van der Waals surface area contributed by atoms with Crippen LogP contribution in [0, 0.1) is 19.3 Å². The fourth-order valence-corrected chi connectivity index (χ4v) is 3.87. The number of terminal acetylenes is 1. The number of aliphatic hydroxyl groups is 1. The Balaban J connectivity index is 2.50. The summed E-state index contributed by atoms with van der Waals surface area (Å²) < 4.78 is 5.22. The molecule has 3 amide bonds. The molecule has 0 spiro atoms. The lowest BCUT2D eigenvalue weighted by Crippen LogP contribution is -2.53. The van der Waals surface area contributed by atoms with Crippen molar-refractivity contribution in [1.29, 1.82) is 0 Å². The van der Waals surface area contributed by atoms with Crippen molar-refractivity contribution in [2.75, 3.05) is 18.5 Å². The van der Waals surface area contributed by atoms with Crippen LogP contribution in [0.25, 0.3) is 0 Å². The van der Waals surface area contributed by atoms with Gasteiger partial charge in [0.25, 0.3) is 5.91 Å². The summed E-state index contributed by atoms with van der Waals surface area (Å²) >= 11 is 6.32. The Labute approximate surface area is 217 Å². The summed E-state index contributed by atoms with van der Waals surface area (Å²) in [6.45, 7) is 7.87. The molecule has 2 aromatic rings. The second kappa shape index (κ2) is 12.4. The molecule has 0 aliphatic heterocycles. The molecule has 3 N–H and O–H groups in total. The predicted molar refractivity (Wildman–Crippen MR) is 140 cm³/mol. The van der Waals surface area contributed by atoms with Gasteiger partial charge in [-0.25, -0.2) is 4.79 Å². The minimum absolute atomic E-state index is 0.0732. The van der Waals surface area contributed by atoms with E-state index in [-0.39, 0.29) is 6.54 Å². The van der Waals surface area contributed by atoms with Gasteiger partial charge in [-0.05, 0) is 57.9 Å². The lowest BCUT2D eigenvalue weighted by Gasteiger charge is -2.33. The highest BCUT2D eigenvalue weighted by Crippen LogP contribution is 2.30. The average Bonchev–Trinajstić information content (AvgIpc) is 2.81. The molecule has 0 radical (unpaired) electrons. The van der Waals surface area contributed by atoms with E-state index in [1.54, 1.807) is 77.1 Å².